The van der Waals surface area contributed by atoms with Crippen molar-refractivity contribution in [3.63, 3.8) is 0 Å². The molecular weight excluding hydrogens is 394 g/mol. The Morgan fingerprint density at radius 1 is 0.935 bits per heavy atom. The van der Waals surface area contributed by atoms with Gasteiger partial charge < -0.3 is 19.5 Å². The largest absolute Gasteiger partial charge is 0.497 e. The van der Waals surface area contributed by atoms with Gasteiger partial charge in [-0.25, -0.2) is 0 Å². The number of amides is 1. The van der Waals surface area contributed by atoms with Gasteiger partial charge in [-0.05, 0) is 53.4 Å². The molecule has 1 amide bonds. The number of hydrogen-bond donors (Lipinski definition) is 1. The molecule has 0 aliphatic rings. The number of nitrogens with one attached hydrogen (secondary N) is 1. The van der Waals surface area contributed by atoms with Gasteiger partial charge in [-0.3, -0.25) is 9.59 Å². The van der Waals surface area contributed by atoms with Crippen LogP contribution in [0.25, 0.3) is 10.8 Å². The van der Waals surface area contributed by atoms with Crippen LogP contribution in [-0.4, -0.2) is 39.2 Å². The van der Waals surface area contributed by atoms with Gasteiger partial charge in [0, 0.05) is 6.54 Å². The lowest BCUT2D eigenvalue weighted by Crippen LogP contribution is -2.31. The first-order valence-corrected chi connectivity index (χ1v) is 10.1. The quantitative estimate of drug-likeness (QED) is 0.531. The van der Waals surface area contributed by atoms with Crippen LogP contribution in [0.15, 0.2) is 60.7 Å². The van der Waals surface area contributed by atoms with Crippen molar-refractivity contribution in [3.8, 4) is 11.5 Å². The van der Waals surface area contributed by atoms with Gasteiger partial charge in [-0.15, -0.1) is 0 Å². The second-order valence-corrected chi connectivity index (χ2v) is 7.21. The minimum Gasteiger partial charge on any atom is -0.497 e. The van der Waals surface area contributed by atoms with Gasteiger partial charge in [-0.2, -0.15) is 0 Å². The molecule has 6 nitrogen and oxygen atoms in total. The molecule has 0 unspecified atom stereocenters. The maximum Gasteiger partial charge on any atom is 0.313 e. The van der Waals surface area contributed by atoms with Crippen LogP contribution in [0.4, 0.5) is 0 Å². The van der Waals surface area contributed by atoms with E-state index >= 15 is 0 Å². The lowest BCUT2D eigenvalue weighted by Gasteiger charge is -2.13. The van der Waals surface area contributed by atoms with Crippen molar-refractivity contribution in [2.75, 3.05) is 27.4 Å². The summed E-state index contributed by atoms with van der Waals surface area (Å²) in [4.78, 5) is 24.5. The number of carbonyl (C=O) groups excluding carboxylic acids is 2. The zero-order chi connectivity index (χ0) is 22.2. The van der Waals surface area contributed by atoms with Gasteiger partial charge in [-0.1, -0.05) is 42.5 Å². The number of benzene rings is 3. The van der Waals surface area contributed by atoms with E-state index in [2.05, 4.69) is 5.32 Å². The zero-order valence-electron chi connectivity index (χ0n) is 18.0. The van der Waals surface area contributed by atoms with Crippen molar-refractivity contribution in [1.29, 1.82) is 0 Å². The molecule has 0 fully saturated rings. The average molecular weight is 421 g/mol. The van der Waals surface area contributed by atoms with Gasteiger partial charge in [0.2, 0.25) is 0 Å². The zero-order valence-corrected chi connectivity index (χ0v) is 18.0. The molecule has 0 saturated heterocycles. The summed E-state index contributed by atoms with van der Waals surface area (Å²) in [5.74, 6) is 0.317. The highest BCUT2D eigenvalue weighted by molar-refractivity contribution is 5.87. The summed E-state index contributed by atoms with van der Waals surface area (Å²) in [6.07, 6.45) is 0.627. The summed E-state index contributed by atoms with van der Waals surface area (Å²) in [7, 11) is 3.24. The Hall–Kier alpha value is -3.54. The van der Waals surface area contributed by atoms with Gasteiger partial charge in [0.15, 0.2) is 6.61 Å². The molecule has 162 valence electrons. The number of para-hydroxylation sites is 1. The predicted octanol–water partition coefficient (Wildman–Crippen LogP) is 3.86. The second-order valence-electron chi connectivity index (χ2n) is 7.21. The lowest BCUT2D eigenvalue weighted by atomic mass is 9.98. The summed E-state index contributed by atoms with van der Waals surface area (Å²) in [6, 6.07) is 19.2. The maximum absolute atomic E-state index is 12.4. The lowest BCUT2D eigenvalue weighted by molar-refractivity contribution is -0.149. The number of hydrogen-bond acceptors (Lipinski definition) is 5. The predicted molar refractivity (Wildman–Crippen MR) is 120 cm³/mol. The molecule has 1 atom stereocenters. The summed E-state index contributed by atoms with van der Waals surface area (Å²) in [5, 5.41) is 4.80. The molecule has 0 aliphatic heterocycles. The Bertz CT molecular complexity index is 1060. The third-order valence-corrected chi connectivity index (χ3v) is 5.18. The Labute approximate surface area is 182 Å². The van der Waals surface area contributed by atoms with Crippen molar-refractivity contribution >= 4 is 22.6 Å². The Kier molecular flexibility index (Phi) is 7.49. The van der Waals surface area contributed by atoms with Crippen LogP contribution in [0.2, 0.25) is 0 Å². The van der Waals surface area contributed by atoms with Gasteiger partial charge >= 0.3 is 5.97 Å². The first-order chi connectivity index (χ1) is 15.0. The Morgan fingerprint density at radius 3 is 2.45 bits per heavy atom. The highest BCUT2D eigenvalue weighted by atomic mass is 16.5. The number of ether oxygens (including phenoxy) is 3. The van der Waals surface area contributed by atoms with Crippen LogP contribution in [0.1, 0.15) is 24.0 Å². The minimum absolute atomic E-state index is 0.306. The molecule has 6 heteroatoms. The molecule has 0 aromatic heterocycles. The second kappa shape index (κ2) is 10.5. The number of carbonyl (C=O) groups is 2. The summed E-state index contributed by atoms with van der Waals surface area (Å²) in [5.41, 5.74) is 1.84. The normalized spacial score (nSPS) is 11.6. The van der Waals surface area contributed by atoms with Crippen molar-refractivity contribution in [1.82, 2.24) is 5.32 Å². The molecule has 1 N–H and O–H groups in total. The van der Waals surface area contributed by atoms with Crippen LogP contribution in [-0.2, 0) is 20.7 Å². The molecule has 0 saturated carbocycles. The summed E-state index contributed by atoms with van der Waals surface area (Å²) in [6.45, 7) is 1.90. The highest BCUT2D eigenvalue weighted by Crippen LogP contribution is 2.25. The van der Waals surface area contributed by atoms with Crippen LogP contribution in [0.3, 0.4) is 0 Å². The van der Waals surface area contributed by atoms with Crippen molar-refractivity contribution in [2.24, 2.45) is 0 Å². The molecule has 3 aromatic carbocycles. The monoisotopic (exact) mass is 421 g/mol. The third kappa shape index (κ3) is 5.75. The van der Waals surface area contributed by atoms with Gasteiger partial charge in [0.25, 0.3) is 5.91 Å². The fourth-order valence-corrected chi connectivity index (χ4v) is 3.33. The van der Waals surface area contributed by atoms with E-state index in [4.69, 9.17) is 14.2 Å². The van der Waals surface area contributed by atoms with E-state index in [1.807, 2.05) is 60.7 Å². The van der Waals surface area contributed by atoms with E-state index in [9.17, 15) is 9.59 Å². The van der Waals surface area contributed by atoms with Crippen molar-refractivity contribution < 1.29 is 23.8 Å². The molecular formula is C25H27NO5. The van der Waals surface area contributed by atoms with E-state index in [-0.39, 0.29) is 12.5 Å². The van der Waals surface area contributed by atoms with E-state index in [0.29, 0.717) is 13.0 Å². The topological polar surface area (TPSA) is 73.9 Å². The third-order valence-electron chi connectivity index (χ3n) is 5.18. The SMILES string of the molecule is COc1ccc2cc([C@H](C)C(=O)OCC(=O)NCCc3ccccc3OC)ccc2c1. The maximum atomic E-state index is 12.4. The van der Waals surface area contributed by atoms with Gasteiger partial charge in [0.1, 0.15) is 11.5 Å². The standard InChI is InChI=1S/C25H27NO5/c1-17(19-8-9-21-15-22(29-2)11-10-20(21)14-19)25(28)31-16-24(27)26-13-12-18-6-4-5-7-23(18)30-3/h4-11,14-15,17H,12-13,16H2,1-3H3,(H,26,27)/t17-/m0/s1. The summed E-state index contributed by atoms with van der Waals surface area (Å²) >= 11 is 0. The smallest absolute Gasteiger partial charge is 0.313 e. The molecule has 31 heavy (non-hydrogen) atoms. The van der Waals surface area contributed by atoms with Crippen LogP contribution < -0.4 is 14.8 Å². The first-order valence-electron chi connectivity index (χ1n) is 10.1. The molecule has 0 spiro atoms. The fourth-order valence-electron chi connectivity index (χ4n) is 3.33. The molecule has 0 aliphatic carbocycles. The average Bonchev–Trinajstić information content (AvgIpc) is 2.81. The van der Waals surface area contributed by atoms with E-state index < -0.39 is 11.9 Å². The minimum atomic E-state index is -0.479. The Morgan fingerprint density at radius 2 is 1.68 bits per heavy atom. The number of methoxy groups -OCH3 is 2. The number of rotatable bonds is 9. The van der Waals surface area contributed by atoms with Crippen LogP contribution in [0, 0.1) is 0 Å². The number of esters is 1. The first kappa shape index (κ1) is 22.2. The van der Waals surface area contributed by atoms with E-state index in [0.717, 1.165) is 33.4 Å². The van der Waals surface area contributed by atoms with Crippen LogP contribution >= 0.6 is 0 Å². The molecule has 0 bridgehead atoms. The molecule has 3 aromatic rings. The van der Waals surface area contributed by atoms with Crippen LogP contribution in [0.5, 0.6) is 11.5 Å². The molecule has 3 rings (SSSR count). The summed E-state index contributed by atoms with van der Waals surface area (Å²) < 4.78 is 15.8. The van der Waals surface area contributed by atoms with E-state index in [1.165, 1.54) is 0 Å². The van der Waals surface area contributed by atoms with Crippen molar-refractivity contribution in [3.05, 3.63) is 71.8 Å². The molecule has 0 heterocycles. The number of fused-ring (bicyclic) bond motifs is 1. The highest BCUT2D eigenvalue weighted by Gasteiger charge is 2.18. The fraction of sp³-hybridized carbons (Fsp3) is 0.280. The molecule has 0 radical (unpaired) electrons. The Balaban J connectivity index is 1.49. The van der Waals surface area contributed by atoms with Crippen molar-refractivity contribution in [2.45, 2.75) is 19.3 Å². The van der Waals surface area contributed by atoms with Gasteiger partial charge in [0.05, 0.1) is 20.1 Å². The van der Waals surface area contributed by atoms with E-state index in [1.54, 1.807) is 21.1 Å².